The number of benzene rings is 1. The number of piperidine rings is 1. The molecule has 23 heavy (non-hydrogen) atoms. The number of aromatic nitrogens is 1. The van der Waals surface area contributed by atoms with Gasteiger partial charge in [0.05, 0.1) is 5.69 Å². The fourth-order valence-electron chi connectivity index (χ4n) is 3.88. The minimum absolute atomic E-state index is 0.249. The van der Waals surface area contributed by atoms with E-state index >= 15 is 0 Å². The smallest absolute Gasteiger partial charge is 0.226 e. The minimum atomic E-state index is -0.249. The zero-order chi connectivity index (χ0) is 15.8. The maximum Gasteiger partial charge on any atom is 0.226 e. The van der Waals surface area contributed by atoms with E-state index in [-0.39, 0.29) is 5.82 Å². The summed E-state index contributed by atoms with van der Waals surface area (Å²) in [6.45, 7) is 0.787. The van der Waals surface area contributed by atoms with Crippen LogP contribution in [-0.4, -0.2) is 35.1 Å². The molecule has 3 heterocycles. The molecule has 2 unspecified atom stereocenters. The molecule has 0 saturated carbocycles. The van der Waals surface area contributed by atoms with Gasteiger partial charge < -0.3 is 9.73 Å². The molecular formula is C18H22FN3O. The van der Waals surface area contributed by atoms with Gasteiger partial charge in [-0.25, -0.2) is 9.37 Å². The highest BCUT2D eigenvalue weighted by molar-refractivity contribution is 5.52. The molecule has 2 atom stereocenters. The van der Waals surface area contributed by atoms with E-state index in [4.69, 9.17) is 4.42 Å². The van der Waals surface area contributed by atoms with Crippen molar-refractivity contribution in [3.63, 3.8) is 0 Å². The van der Waals surface area contributed by atoms with Gasteiger partial charge in [0.25, 0.3) is 0 Å². The van der Waals surface area contributed by atoms with Crippen LogP contribution in [-0.2, 0) is 6.54 Å². The van der Waals surface area contributed by atoms with Crippen LogP contribution in [0.15, 0.2) is 34.9 Å². The Hall–Kier alpha value is -1.72. The van der Waals surface area contributed by atoms with E-state index < -0.39 is 0 Å². The molecule has 4 rings (SSSR count). The third-order valence-electron chi connectivity index (χ3n) is 5.13. The second kappa shape index (κ2) is 6.06. The van der Waals surface area contributed by atoms with Crippen molar-refractivity contribution in [3.05, 3.63) is 42.0 Å². The number of rotatable bonds is 4. The van der Waals surface area contributed by atoms with E-state index in [1.807, 2.05) is 0 Å². The van der Waals surface area contributed by atoms with Crippen molar-refractivity contribution >= 4 is 0 Å². The SMILES string of the molecule is CN(Cc1coc(-c2ccc(F)cc2)n1)C1CC2CCC(C1)N2. The summed E-state index contributed by atoms with van der Waals surface area (Å²) in [6, 6.07) is 8.23. The van der Waals surface area contributed by atoms with Crippen LogP contribution in [0.3, 0.4) is 0 Å². The number of halogens is 1. The lowest BCUT2D eigenvalue weighted by atomic mass is 9.98. The molecule has 2 fully saturated rings. The number of nitrogens with zero attached hydrogens (tertiary/aromatic N) is 2. The second-order valence-corrected chi connectivity index (χ2v) is 6.83. The van der Waals surface area contributed by atoms with Crippen molar-refractivity contribution in [1.29, 1.82) is 0 Å². The Bertz CT molecular complexity index is 657. The highest BCUT2D eigenvalue weighted by atomic mass is 19.1. The zero-order valence-corrected chi connectivity index (χ0v) is 13.3. The fraction of sp³-hybridized carbons (Fsp3) is 0.500. The standard InChI is InChI=1S/C18H22FN3O/c1-22(17-8-14-6-7-15(9-17)20-14)10-16-11-23-18(21-16)12-2-4-13(19)5-3-12/h2-5,11,14-15,17,20H,6-10H2,1H3. The average molecular weight is 315 g/mol. The summed E-state index contributed by atoms with van der Waals surface area (Å²) in [5, 5.41) is 3.68. The summed E-state index contributed by atoms with van der Waals surface area (Å²) in [6.07, 6.45) is 6.78. The van der Waals surface area contributed by atoms with Crippen molar-refractivity contribution in [2.45, 2.75) is 50.4 Å². The molecule has 0 radical (unpaired) electrons. The first-order valence-electron chi connectivity index (χ1n) is 8.34. The number of fused-ring (bicyclic) bond motifs is 2. The zero-order valence-electron chi connectivity index (χ0n) is 13.3. The predicted molar refractivity (Wildman–Crippen MR) is 86.3 cm³/mol. The van der Waals surface area contributed by atoms with Gasteiger partial charge >= 0.3 is 0 Å². The van der Waals surface area contributed by atoms with Crippen molar-refractivity contribution in [3.8, 4) is 11.5 Å². The second-order valence-electron chi connectivity index (χ2n) is 6.83. The van der Waals surface area contributed by atoms with Crippen LogP contribution in [0.5, 0.6) is 0 Å². The molecule has 122 valence electrons. The van der Waals surface area contributed by atoms with Gasteiger partial charge in [0.2, 0.25) is 5.89 Å². The highest BCUT2D eigenvalue weighted by Crippen LogP contribution is 2.30. The van der Waals surface area contributed by atoms with Gasteiger partial charge in [0.1, 0.15) is 12.1 Å². The molecule has 5 heteroatoms. The lowest BCUT2D eigenvalue weighted by Crippen LogP contribution is -2.46. The van der Waals surface area contributed by atoms with Crippen LogP contribution in [0.1, 0.15) is 31.4 Å². The van der Waals surface area contributed by atoms with E-state index in [0.29, 0.717) is 24.0 Å². The maximum atomic E-state index is 13.0. The summed E-state index contributed by atoms with van der Waals surface area (Å²) >= 11 is 0. The molecular weight excluding hydrogens is 293 g/mol. The summed E-state index contributed by atoms with van der Waals surface area (Å²) in [7, 11) is 2.17. The molecule has 2 aliphatic heterocycles. The van der Waals surface area contributed by atoms with Crippen LogP contribution in [0.4, 0.5) is 4.39 Å². The van der Waals surface area contributed by atoms with Gasteiger partial charge in [-0.3, -0.25) is 4.90 Å². The highest BCUT2D eigenvalue weighted by Gasteiger charge is 2.35. The van der Waals surface area contributed by atoms with Crippen molar-refractivity contribution in [2.24, 2.45) is 0 Å². The molecule has 1 N–H and O–H groups in total. The molecule has 2 aromatic rings. The molecule has 2 bridgehead atoms. The van der Waals surface area contributed by atoms with Crippen LogP contribution < -0.4 is 5.32 Å². The first kappa shape index (κ1) is 14.8. The Morgan fingerprint density at radius 3 is 2.61 bits per heavy atom. The minimum Gasteiger partial charge on any atom is -0.444 e. The lowest BCUT2D eigenvalue weighted by molar-refractivity contribution is 0.164. The first-order valence-corrected chi connectivity index (χ1v) is 8.34. The van der Waals surface area contributed by atoms with Gasteiger partial charge in [-0.15, -0.1) is 0 Å². The molecule has 2 aliphatic rings. The number of oxazole rings is 1. The van der Waals surface area contributed by atoms with Gasteiger partial charge in [0, 0.05) is 30.2 Å². The van der Waals surface area contributed by atoms with E-state index in [2.05, 4.69) is 22.2 Å². The number of hydrogen-bond acceptors (Lipinski definition) is 4. The molecule has 1 aromatic heterocycles. The van der Waals surface area contributed by atoms with Gasteiger partial charge in [-0.1, -0.05) is 0 Å². The average Bonchev–Trinajstić information content (AvgIpc) is 3.14. The maximum absolute atomic E-state index is 13.0. The van der Waals surface area contributed by atoms with Crippen molar-refractivity contribution in [1.82, 2.24) is 15.2 Å². The van der Waals surface area contributed by atoms with Crippen LogP contribution in [0.25, 0.3) is 11.5 Å². The summed E-state index contributed by atoms with van der Waals surface area (Å²) in [4.78, 5) is 6.94. The molecule has 2 saturated heterocycles. The summed E-state index contributed by atoms with van der Waals surface area (Å²) in [5.41, 5.74) is 1.73. The van der Waals surface area contributed by atoms with Gasteiger partial charge in [0.15, 0.2) is 0 Å². The molecule has 0 aliphatic carbocycles. The van der Waals surface area contributed by atoms with E-state index in [1.54, 1.807) is 18.4 Å². The Labute approximate surface area is 135 Å². The number of hydrogen-bond donors (Lipinski definition) is 1. The summed E-state index contributed by atoms with van der Waals surface area (Å²) < 4.78 is 18.6. The molecule has 4 nitrogen and oxygen atoms in total. The van der Waals surface area contributed by atoms with Crippen LogP contribution in [0.2, 0.25) is 0 Å². The van der Waals surface area contributed by atoms with Crippen molar-refractivity contribution in [2.75, 3.05) is 7.05 Å². The lowest BCUT2D eigenvalue weighted by Gasteiger charge is -2.35. The molecule has 0 spiro atoms. The van der Waals surface area contributed by atoms with E-state index in [1.165, 1.54) is 37.8 Å². The Morgan fingerprint density at radius 2 is 1.91 bits per heavy atom. The quantitative estimate of drug-likeness (QED) is 0.941. The monoisotopic (exact) mass is 315 g/mol. The third kappa shape index (κ3) is 3.16. The normalized spacial score (nSPS) is 26.8. The summed E-state index contributed by atoms with van der Waals surface area (Å²) in [5.74, 6) is 0.305. The van der Waals surface area contributed by atoms with E-state index in [9.17, 15) is 4.39 Å². The first-order chi connectivity index (χ1) is 11.2. The molecule has 0 amide bonds. The number of nitrogens with one attached hydrogen (secondary N) is 1. The topological polar surface area (TPSA) is 41.3 Å². The van der Waals surface area contributed by atoms with Crippen LogP contribution >= 0.6 is 0 Å². The fourth-order valence-corrected chi connectivity index (χ4v) is 3.88. The third-order valence-corrected chi connectivity index (χ3v) is 5.13. The largest absolute Gasteiger partial charge is 0.444 e. The van der Waals surface area contributed by atoms with Crippen molar-refractivity contribution < 1.29 is 8.81 Å². The Morgan fingerprint density at radius 1 is 1.22 bits per heavy atom. The molecule has 1 aromatic carbocycles. The Kier molecular flexibility index (Phi) is 3.91. The van der Waals surface area contributed by atoms with E-state index in [0.717, 1.165) is 17.8 Å². The van der Waals surface area contributed by atoms with Crippen LogP contribution in [0, 0.1) is 5.82 Å². The Balaban J connectivity index is 1.42. The predicted octanol–water partition coefficient (Wildman–Crippen LogP) is 3.20. The van der Waals surface area contributed by atoms with Gasteiger partial charge in [-0.2, -0.15) is 0 Å². The van der Waals surface area contributed by atoms with Gasteiger partial charge in [-0.05, 0) is 57.0 Å².